The third-order valence-corrected chi connectivity index (χ3v) is 14.1. The Morgan fingerprint density at radius 1 is 0.564 bits per heavy atom. The first-order valence-electron chi connectivity index (χ1n) is 31.5. The molecular formula is C76H74Cl4N25O11P. The van der Waals surface area contributed by atoms with Gasteiger partial charge in [-0.15, -0.1) is 0 Å². The van der Waals surface area contributed by atoms with Crippen LogP contribution < -0.4 is 22.3 Å². The van der Waals surface area contributed by atoms with Crippen molar-refractivity contribution in [1.82, 2.24) is 68.6 Å². The number of ether oxygens (including phenoxy) is 1. The highest BCUT2D eigenvalue weighted by Crippen LogP contribution is 2.61. The van der Waals surface area contributed by atoms with Crippen molar-refractivity contribution in [1.29, 1.82) is 26.3 Å². The molecule has 0 aliphatic rings. The molecule has 0 saturated carbocycles. The van der Waals surface area contributed by atoms with Crippen molar-refractivity contribution >= 4 is 119 Å². The molecule has 0 atom stereocenters. The number of nitriles is 5. The molecule has 14 aromatic rings. The minimum Gasteiger partial charge on any atom is -0.456 e. The van der Waals surface area contributed by atoms with Crippen molar-refractivity contribution in [2.75, 3.05) is 23.4 Å². The number of fused-ring (bicyclic) bond motifs is 4. The molecule has 0 radical (unpaired) electrons. The van der Waals surface area contributed by atoms with E-state index in [-0.39, 0.29) is 116 Å². The number of nitro benzene ring substituents is 3. The van der Waals surface area contributed by atoms with Gasteiger partial charge in [0.15, 0.2) is 22.6 Å². The number of aromatic nitrogens is 14. The summed E-state index contributed by atoms with van der Waals surface area (Å²) in [4.78, 5) is 79.1. The Morgan fingerprint density at radius 3 is 1.43 bits per heavy atom. The van der Waals surface area contributed by atoms with Crippen LogP contribution in [0.4, 0.5) is 34.3 Å². The number of hydrogen-bond acceptors (Lipinski definition) is 26. The molecule has 602 valence electrons. The number of nitro groups is 3. The first kappa shape index (κ1) is 95.9. The Hall–Kier alpha value is -15.3. The summed E-state index contributed by atoms with van der Waals surface area (Å²) in [5, 5.41) is 98.5. The molecule has 0 bridgehead atoms. The second kappa shape index (κ2) is 46.5. The van der Waals surface area contributed by atoms with E-state index in [0.717, 1.165) is 11.1 Å². The first-order chi connectivity index (χ1) is 53.4. The highest BCUT2D eigenvalue weighted by Gasteiger charge is 2.18. The molecule has 9 heterocycles. The Labute approximate surface area is 691 Å². The lowest BCUT2D eigenvalue weighted by Crippen LogP contribution is -2.10. The lowest BCUT2D eigenvalue weighted by atomic mass is 10.1. The lowest BCUT2D eigenvalue weighted by Gasteiger charge is -2.07. The van der Waals surface area contributed by atoms with Crippen molar-refractivity contribution in [2.45, 2.75) is 65.8 Å². The van der Waals surface area contributed by atoms with E-state index in [4.69, 9.17) is 52.1 Å². The summed E-state index contributed by atoms with van der Waals surface area (Å²) in [7, 11) is 0. The molecule has 9 aromatic heterocycles. The minimum absolute atomic E-state index is 0. The fraction of sp³-hybridized carbons (Fsp3) is 0.132. The topological polar surface area (TPSA) is 542 Å². The first-order valence-corrected chi connectivity index (χ1v) is 35.3. The van der Waals surface area contributed by atoms with E-state index in [2.05, 4.69) is 106 Å². The number of carbonyl (C=O) groups excluding carboxylic acids is 2. The fourth-order valence-corrected chi connectivity index (χ4v) is 9.52. The summed E-state index contributed by atoms with van der Waals surface area (Å²) >= 11 is 19.8. The molecule has 0 aliphatic heterocycles. The van der Waals surface area contributed by atoms with Crippen LogP contribution in [0.1, 0.15) is 102 Å². The molecule has 1 amide bonds. The zero-order valence-electron chi connectivity index (χ0n) is 58.0. The molecule has 14 rings (SSSR count). The number of esters is 1. The van der Waals surface area contributed by atoms with Gasteiger partial charge in [-0.05, 0) is 83.1 Å². The maximum Gasteiger partial charge on any atom is 0.384 e. The second-order valence-electron chi connectivity index (χ2n) is 21.2. The van der Waals surface area contributed by atoms with Crippen LogP contribution in [0.25, 0.3) is 67.6 Å². The van der Waals surface area contributed by atoms with Gasteiger partial charge in [0.25, 0.3) is 22.6 Å². The SMILES string of the molecule is C.C.C.C.C.C.C.CCOC(=O)C#Cc1cccc([N+](=O)[O-])c1.N#Cc1cn[nH]c1N.N#Cc1cnn2c(-c3cccc([N+](=O)[O-])c3)cc(=O)[nH]c12.N#Cc1cnn2c(-c3cccc([N+](=O)[O-])c3)cc(Cl)nc12.O=P(Cl)(Cl)Cl.[2H]c1cc(-c2cccc(N)c2)n2ncc(C#N)c2n1.[2H]c1cc(-c2cccc(NC(C)=O)c2)n2ncc(C#N)c2n1. The van der Waals surface area contributed by atoms with Gasteiger partial charge in [-0.25, -0.2) is 37.8 Å². The number of H-pyrrole nitrogens is 2. The largest absolute Gasteiger partial charge is 0.456 e. The minimum atomic E-state index is -3.22. The number of aromatic amines is 2. The number of anilines is 3. The van der Waals surface area contributed by atoms with Crippen molar-refractivity contribution in [3.63, 3.8) is 0 Å². The Kier molecular flexibility index (Phi) is 38.2. The zero-order valence-corrected chi connectivity index (χ0v) is 59.9. The molecule has 41 heteroatoms. The number of hydrogen-bond donors (Lipinski definition) is 5. The van der Waals surface area contributed by atoms with Gasteiger partial charge in [0.1, 0.15) is 69.1 Å². The van der Waals surface area contributed by atoms with Gasteiger partial charge in [-0.3, -0.25) is 49.6 Å². The quantitative estimate of drug-likeness (QED) is 0.0170. The van der Waals surface area contributed by atoms with Crippen LogP contribution in [0.3, 0.4) is 0 Å². The summed E-state index contributed by atoms with van der Waals surface area (Å²) in [5.41, 5.74) is 19.7. The smallest absolute Gasteiger partial charge is 0.384 e. The zero-order chi connectivity index (χ0) is 81.5. The van der Waals surface area contributed by atoms with Gasteiger partial charge in [0, 0.05) is 113 Å². The Bertz CT molecular complexity index is 6390. The van der Waals surface area contributed by atoms with E-state index in [9.17, 15) is 49.3 Å². The summed E-state index contributed by atoms with van der Waals surface area (Å²) in [6.07, 6.45) is 7.08. The predicted octanol–water partition coefficient (Wildman–Crippen LogP) is 17.0. The van der Waals surface area contributed by atoms with Gasteiger partial charge < -0.3 is 26.5 Å². The van der Waals surface area contributed by atoms with Gasteiger partial charge in [0.05, 0.1) is 77.9 Å². The molecule has 7 N–H and O–H groups in total. The number of halogens is 4. The number of nitrogen functional groups attached to an aromatic ring is 2. The fourth-order valence-electron chi connectivity index (χ4n) is 9.33. The van der Waals surface area contributed by atoms with E-state index in [0.29, 0.717) is 90.3 Å². The van der Waals surface area contributed by atoms with Crippen molar-refractivity contribution in [2.24, 2.45) is 0 Å². The Morgan fingerprint density at radius 2 is 0.983 bits per heavy atom. The lowest BCUT2D eigenvalue weighted by molar-refractivity contribution is -0.385. The van der Waals surface area contributed by atoms with Crippen molar-refractivity contribution in [3.05, 3.63) is 268 Å². The number of carbonyl (C=O) groups is 2. The van der Waals surface area contributed by atoms with Crippen LogP contribution in [-0.4, -0.2) is 102 Å². The normalized spacial score (nSPS) is 9.72. The van der Waals surface area contributed by atoms with Gasteiger partial charge >= 0.3 is 11.2 Å². The Balaban J connectivity index is 0.000000708. The number of nitrogens with zero attached hydrogens (tertiary/aromatic N) is 20. The van der Waals surface area contributed by atoms with E-state index >= 15 is 0 Å². The third kappa shape index (κ3) is 27.0. The van der Waals surface area contributed by atoms with Crippen LogP contribution in [0.2, 0.25) is 5.15 Å². The molecule has 117 heavy (non-hydrogen) atoms. The molecular weight excluding hydrogens is 1610 g/mol. The number of nitrogens with two attached hydrogens (primary N) is 2. The number of rotatable bonds is 9. The van der Waals surface area contributed by atoms with E-state index < -0.39 is 31.5 Å². The third-order valence-electron chi connectivity index (χ3n) is 13.9. The van der Waals surface area contributed by atoms with Crippen molar-refractivity contribution in [3.8, 4) is 87.2 Å². The maximum atomic E-state index is 11.7. The van der Waals surface area contributed by atoms with Gasteiger partial charge in [0.2, 0.25) is 5.91 Å². The summed E-state index contributed by atoms with van der Waals surface area (Å²) < 4.78 is 35.5. The van der Waals surface area contributed by atoms with Crippen molar-refractivity contribution < 1.29 is 36.4 Å². The molecule has 0 aliphatic carbocycles. The molecule has 0 spiro atoms. The average molecular weight is 1690 g/mol. The highest BCUT2D eigenvalue weighted by atomic mass is 36.0. The average Bonchev–Trinajstić information content (AvgIpc) is 1.68. The molecule has 0 saturated heterocycles. The van der Waals surface area contributed by atoms with Crippen LogP contribution in [-0.2, 0) is 18.9 Å². The highest BCUT2D eigenvalue weighted by molar-refractivity contribution is 8.24. The standard InChI is InChI=1S/C15H11N5O.C13H6ClN5O2.C13H7N5O3.C13H9N5.C11H9NO4.C4H4N4.7CH4.Cl3OP/c1-10(21)19-13-4-2-3-11(7-13)14-5-6-17-15-12(8-16)9-18-20(14)15;14-12-5-11(8-2-1-3-10(4-8)19(20)21)18-13(17-12)9(6-15)7-16-18;14-6-9-7-15-17-11(5-12(19)16-13(9)17)8-2-1-3-10(4-8)18(20)21;14-7-10-8-17-18-12(4-5-16-13(10)18)9-2-1-3-11(15)6-9;1-2-16-11(13)7-6-9-4-3-5-10(8-9)12(14)15;5-1-3-2-7-8-4(3)6;;;;;;;;1-5(2,3)4/h2-7,9H,1H3,(H,19,21);1-5,7H;1-5,7H,(H,16,19);1-6,8H,15H2;3-5,8H,2H2,1H3;2H,(H3,6,7,8);7*1H4;/i6D;;;5D;;;;;;;;;;. The van der Waals surface area contributed by atoms with Crippen LogP contribution >= 0.6 is 50.5 Å². The van der Waals surface area contributed by atoms with Crippen LogP contribution in [0.15, 0.2) is 194 Å². The summed E-state index contributed by atoms with van der Waals surface area (Å²) in [6, 6.07) is 47.9. The molecule has 0 fully saturated rings. The monoisotopic (exact) mass is 1690 g/mol. The van der Waals surface area contributed by atoms with E-state index in [1.54, 1.807) is 84.2 Å². The second-order valence-corrected chi connectivity index (χ2v) is 28.2. The summed E-state index contributed by atoms with van der Waals surface area (Å²) in [5.74, 6) is 4.25. The molecule has 0 unspecified atom stereocenters. The van der Waals surface area contributed by atoms with Gasteiger partial charge in [-0.1, -0.05) is 124 Å². The van der Waals surface area contributed by atoms with Crippen LogP contribution in [0, 0.1) is 98.8 Å². The number of nitrogens with one attached hydrogen (secondary N) is 3. The summed E-state index contributed by atoms with van der Waals surface area (Å²) in [6.45, 7) is 3.36. The van der Waals surface area contributed by atoms with E-state index in [1.165, 1.54) is 106 Å². The number of non-ortho nitro benzene ring substituents is 3. The van der Waals surface area contributed by atoms with Crippen LogP contribution in [0.5, 0.6) is 0 Å². The predicted molar refractivity (Wildman–Crippen MR) is 449 cm³/mol. The van der Waals surface area contributed by atoms with Gasteiger partial charge in [-0.2, -0.15) is 51.8 Å². The van der Waals surface area contributed by atoms with E-state index in [1.807, 2.05) is 48.5 Å². The molecule has 36 nitrogen and oxygen atoms in total. The maximum absolute atomic E-state index is 11.7. The number of amides is 1. The number of benzene rings is 5. The molecule has 5 aromatic carbocycles.